The Morgan fingerprint density at radius 3 is 2.87 bits per heavy atom. The van der Waals surface area contributed by atoms with Crippen molar-refractivity contribution in [3.63, 3.8) is 0 Å². The second-order valence-corrected chi connectivity index (χ2v) is 4.16. The Hall–Kier alpha value is -1.22. The van der Waals surface area contributed by atoms with Crippen LogP contribution in [0.15, 0.2) is 24.3 Å². The monoisotopic (exact) mass is 207 g/mol. The van der Waals surface area contributed by atoms with Gasteiger partial charge in [0.25, 0.3) is 0 Å². The first kappa shape index (κ1) is 10.3. The molecule has 0 saturated heterocycles. The Morgan fingerprint density at radius 1 is 1.47 bits per heavy atom. The van der Waals surface area contributed by atoms with Gasteiger partial charge in [-0.15, -0.1) is 0 Å². The Labute approximate surface area is 90.1 Å². The summed E-state index contributed by atoms with van der Waals surface area (Å²) in [5, 5.41) is 13.1. The molecule has 1 aromatic carbocycles. The normalized spacial score (nSPS) is 18.0. The topological polar surface area (TPSA) is 41.5 Å². The number of hydrogen-bond acceptors (Lipinski definition) is 3. The third-order valence-electron chi connectivity index (χ3n) is 2.98. The van der Waals surface area contributed by atoms with Crippen molar-refractivity contribution < 1.29 is 9.84 Å². The fraction of sp³-hybridized carbons (Fsp3) is 0.500. The zero-order valence-corrected chi connectivity index (χ0v) is 8.99. The molecule has 0 radical (unpaired) electrons. The number of methoxy groups -OCH3 is 1. The number of nitrogens with one attached hydrogen (secondary N) is 1. The summed E-state index contributed by atoms with van der Waals surface area (Å²) in [5.74, 6) is 0.834. The molecular formula is C12H17NO2. The predicted octanol–water partition coefficient (Wildman–Crippen LogP) is 2.02. The fourth-order valence-corrected chi connectivity index (χ4v) is 1.76. The summed E-state index contributed by atoms with van der Waals surface area (Å²) < 4.78 is 5.12. The zero-order chi connectivity index (χ0) is 10.7. The van der Waals surface area contributed by atoms with Crippen molar-refractivity contribution in [2.24, 2.45) is 0 Å². The second-order valence-electron chi connectivity index (χ2n) is 4.16. The average molecular weight is 207 g/mol. The maximum absolute atomic E-state index is 9.90. The number of hydrogen-bond donors (Lipinski definition) is 2. The third-order valence-corrected chi connectivity index (χ3v) is 2.98. The molecule has 1 fully saturated rings. The van der Waals surface area contributed by atoms with E-state index in [4.69, 9.17) is 4.74 Å². The van der Waals surface area contributed by atoms with Gasteiger partial charge in [0.1, 0.15) is 5.75 Å². The second kappa shape index (κ2) is 4.11. The van der Waals surface area contributed by atoms with Crippen LogP contribution >= 0.6 is 0 Å². The van der Waals surface area contributed by atoms with Crippen LogP contribution in [0.2, 0.25) is 0 Å². The summed E-state index contributed by atoms with van der Waals surface area (Å²) in [6, 6.07) is 7.75. The molecule has 3 nitrogen and oxygen atoms in total. The van der Waals surface area contributed by atoms with Crippen LogP contribution in [0, 0.1) is 0 Å². The predicted molar refractivity (Wildman–Crippen MR) is 60.3 cm³/mol. The quantitative estimate of drug-likeness (QED) is 0.793. The number of rotatable bonds is 4. The minimum Gasteiger partial charge on any atom is -0.497 e. The van der Waals surface area contributed by atoms with Crippen LogP contribution < -0.4 is 10.1 Å². The van der Waals surface area contributed by atoms with Crippen LogP contribution in [0.1, 0.15) is 19.3 Å². The summed E-state index contributed by atoms with van der Waals surface area (Å²) in [6.07, 6.45) is 2.95. The Balaban J connectivity index is 1.92. The average Bonchev–Trinajstić information content (AvgIpc) is 2.24. The van der Waals surface area contributed by atoms with E-state index in [1.54, 1.807) is 7.11 Å². The van der Waals surface area contributed by atoms with Crippen LogP contribution in [0.4, 0.5) is 5.69 Å². The lowest BCUT2D eigenvalue weighted by Crippen LogP contribution is -2.43. The third kappa shape index (κ3) is 2.42. The van der Waals surface area contributed by atoms with E-state index in [2.05, 4.69) is 5.32 Å². The smallest absolute Gasteiger partial charge is 0.120 e. The highest BCUT2D eigenvalue weighted by atomic mass is 16.5. The maximum atomic E-state index is 9.90. The van der Waals surface area contributed by atoms with E-state index in [1.807, 2.05) is 24.3 Å². The van der Waals surface area contributed by atoms with E-state index in [9.17, 15) is 5.11 Å². The van der Waals surface area contributed by atoms with Crippen LogP contribution in [-0.2, 0) is 0 Å². The first-order valence-electron chi connectivity index (χ1n) is 5.32. The molecule has 0 amide bonds. The lowest BCUT2D eigenvalue weighted by molar-refractivity contribution is -0.0202. The molecule has 82 valence electrons. The van der Waals surface area contributed by atoms with Gasteiger partial charge < -0.3 is 15.2 Å². The largest absolute Gasteiger partial charge is 0.497 e. The van der Waals surface area contributed by atoms with Crippen LogP contribution in [0.3, 0.4) is 0 Å². The van der Waals surface area contributed by atoms with Crippen molar-refractivity contribution in [3.8, 4) is 5.75 Å². The van der Waals surface area contributed by atoms with Gasteiger partial charge in [0.15, 0.2) is 0 Å². The summed E-state index contributed by atoms with van der Waals surface area (Å²) in [7, 11) is 1.65. The fourth-order valence-electron chi connectivity index (χ4n) is 1.76. The highest BCUT2D eigenvalue weighted by molar-refractivity contribution is 5.48. The number of anilines is 1. The number of aliphatic hydroxyl groups is 1. The molecule has 1 aromatic rings. The summed E-state index contributed by atoms with van der Waals surface area (Å²) >= 11 is 0. The van der Waals surface area contributed by atoms with Crippen molar-refractivity contribution in [2.75, 3.05) is 19.0 Å². The summed E-state index contributed by atoms with van der Waals surface area (Å²) in [6.45, 7) is 0.625. The zero-order valence-electron chi connectivity index (χ0n) is 8.99. The molecular weight excluding hydrogens is 190 g/mol. The molecule has 1 saturated carbocycles. The summed E-state index contributed by atoms with van der Waals surface area (Å²) in [5.41, 5.74) is 0.512. The van der Waals surface area contributed by atoms with Gasteiger partial charge in [-0.25, -0.2) is 0 Å². The maximum Gasteiger partial charge on any atom is 0.120 e. The number of ether oxygens (including phenoxy) is 1. The molecule has 3 heteroatoms. The van der Waals surface area contributed by atoms with Crippen molar-refractivity contribution in [1.82, 2.24) is 0 Å². The Kier molecular flexibility index (Phi) is 2.82. The van der Waals surface area contributed by atoms with Gasteiger partial charge >= 0.3 is 0 Å². The standard InChI is InChI=1S/C12H17NO2/c1-15-11-5-2-4-10(8-11)13-9-12(14)6-3-7-12/h2,4-5,8,13-14H,3,6-7,9H2,1H3. The van der Waals surface area contributed by atoms with Gasteiger partial charge in [0, 0.05) is 18.3 Å². The minimum atomic E-state index is -0.483. The van der Waals surface area contributed by atoms with Gasteiger partial charge in [-0.3, -0.25) is 0 Å². The lowest BCUT2D eigenvalue weighted by atomic mass is 9.80. The molecule has 2 rings (SSSR count). The molecule has 0 bridgehead atoms. The molecule has 1 aliphatic carbocycles. The highest BCUT2D eigenvalue weighted by Gasteiger charge is 2.33. The van der Waals surface area contributed by atoms with Crippen molar-refractivity contribution in [3.05, 3.63) is 24.3 Å². The van der Waals surface area contributed by atoms with E-state index in [1.165, 1.54) is 0 Å². The molecule has 0 aliphatic heterocycles. The molecule has 2 N–H and O–H groups in total. The first-order chi connectivity index (χ1) is 7.22. The molecule has 15 heavy (non-hydrogen) atoms. The van der Waals surface area contributed by atoms with Crippen molar-refractivity contribution >= 4 is 5.69 Å². The van der Waals surface area contributed by atoms with E-state index >= 15 is 0 Å². The SMILES string of the molecule is COc1cccc(NCC2(O)CCC2)c1. The lowest BCUT2D eigenvalue weighted by Gasteiger charge is -2.36. The molecule has 0 spiro atoms. The van der Waals surface area contributed by atoms with E-state index in [0.717, 1.165) is 30.7 Å². The van der Waals surface area contributed by atoms with E-state index in [0.29, 0.717) is 6.54 Å². The van der Waals surface area contributed by atoms with Crippen LogP contribution in [-0.4, -0.2) is 24.4 Å². The highest BCUT2D eigenvalue weighted by Crippen LogP contribution is 2.31. The molecule has 0 heterocycles. The molecule has 1 aliphatic rings. The molecule has 0 atom stereocenters. The van der Waals surface area contributed by atoms with E-state index < -0.39 is 5.60 Å². The van der Waals surface area contributed by atoms with Gasteiger partial charge in [0.05, 0.1) is 12.7 Å². The first-order valence-corrected chi connectivity index (χ1v) is 5.32. The van der Waals surface area contributed by atoms with Crippen molar-refractivity contribution in [2.45, 2.75) is 24.9 Å². The van der Waals surface area contributed by atoms with Crippen LogP contribution in [0.5, 0.6) is 5.75 Å². The van der Waals surface area contributed by atoms with Gasteiger partial charge in [0.2, 0.25) is 0 Å². The van der Waals surface area contributed by atoms with Crippen molar-refractivity contribution in [1.29, 1.82) is 0 Å². The Morgan fingerprint density at radius 2 is 2.27 bits per heavy atom. The van der Waals surface area contributed by atoms with Gasteiger partial charge in [-0.2, -0.15) is 0 Å². The molecule has 0 unspecified atom stereocenters. The minimum absolute atomic E-state index is 0.483. The van der Waals surface area contributed by atoms with Gasteiger partial charge in [-0.05, 0) is 31.4 Å². The Bertz CT molecular complexity index is 334. The summed E-state index contributed by atoms with van der Waals surface area (Å²) in [4.78, 5) is 0. The molecule has 0 aromatic heterocycles. The van der Waals surface area contributed by atoms with Crippen LogP contribution in [0.25, 0.3) is 0 Å². The number of benzene rings is 1. The van der Waals surface area contributed by atoms with E-state index in [-0.39, 0.29) is 0 Å². The van der Waals surface area contributed by atoms with Gasteiger partial charge in [-0.1, -0.05) is 6.07 Å².